The second kappa shape index (κ2) is 9.51. The summed E-state index contributed by atoms with van der Waals surface area (Å²) >= 11 is 0. The van der Waals surface area contributed by atoms with E-state index in [-0.39, 0.29) is 5.78 Å². The smallest absolute Gasteiger partial charge is 0.162 e. The molecule has 0 aliphatic carbocycles. The number of nitrogens with zero attached hydrogens (tertiary/aromatic N) is 1. The van der Waals surface area contributed by atoms with E-state index < -0.39 is 0 Å². The molecule has 0 spiro atoms. The number of rotatable bonds is 8. The molecule has 0 radical (unpaired) electrons. The Bertz CT molecular complexity index is 689. The Hall–Kier alpha value is -2.17. The normalized spacial score (nSPS) is 14.4. The van der Waals surface area contributed by atoms with Crippen molar-refractivity contribution < 1.29 is 9.53 Å². The standard InChI is InChI=1S/C22H28N2O2/c23-17-19-7-5-18(6-8-19)3-1-2-4-22(25)20-9-11-21(12-10-20)24-13-15-26-16-14-24/h5-12H,1-4,13-17,23H2. The van der Waals surface area contributed by atoms with Gasteiger partial charge in [0.1, 0.15) is 0 Å². The highest BCUT2D eigenvalue weighted by Gasteiger charge is 2.12. The summed E-state index contributed by atoms with van der Waals surface area (Å²) < 4.78 is 5.38. The second-order valence-corrected chi connectivity index (χ2v) is 6.80. The lowest BCUT2D eigenvalue weighted by Gasteiger charge is -2.28. The maximum Gasteiger partial charge on any atom is 0.162 e. The quantitative estimate of drug-likeness (QED) is 0.583. The van der Waals surface area contributed by atoms with Gasteiger partial charge in [-0.3, -0.25) is 4.79 Å². The molecule has 1 heterocycles. The Kier molecular flexibility index (Phi) is 6.81. The van der Waals surface area contributed by atoms with E-state index in [4.69, 9.17) is 10.5 Å². The van der Waals surface area contributed by atoms with E-state index in [0.29, 0.717) is 13.0 Å². The number of carbonyl (C=O) groups is 1. The molecular formula is C22H28N2O2. The molecule has 138 valence electrons. The van der Waals surface area contributed by atoms with E-state index in [0.717, 1.165) is 56.7 Å². The molecule has 26 heavy (non-hydrogen) atoms. The summed E-state index contributed by atoms with van der Waals surface area (Å²) in [5.74, 6) is 0.233. The van der Waals surface area contributed by atoms with Crippen LogP contribution in [0.15, 0.2) is 48.5 Å². The molecule has 1 saturated heterocycles. The van der Waals surface area contributed by atoms with Crippen molar-refractivity contribution >= 4 is 11.5 Å². The zero-order valence-corrected chi connectivity index (χ0v) is 15.3. The largest absolute Gasteiger partial charge is 0.378 e. The van der Waals surface area contributed by atoms with E-state index in [9.17, 15) is 4.79 Å². The van der Waals surface area contributed by atoms with Crippen molar-refractivity contribution in [3.8, 4) is 0 Å². The van der Waals surface area contributed by atoms with Crippen LogP contribution in [-0.2, 0) is 17.7 Å². The Morgan fingerprint density at radius 1 is 0.923 bits per heavy atom. The number of hydrogen-bond donors (Lipinski definition) is 1. The van der Waals surface area contributed by atoms with E-state index in [1.54, 1.807) is 0 Å². The van der Waals surface area contributed by atoms with Crippen LogP contribution >= 0.6 is 0 Å². The summed E-state index contributed by atoms with van der Waals surface area (Å²) in [6, 6.07) is 16.4. The molecule has 0 atom stereocenters. The number of aryl methyl sites for hydroxylation is 1. The average molecular weight is 352 g/mol. The Balaban J connectivity index is 1.42. The van der Waals surface area contributed by atoms with Gasteiger partial charge in [-0.1, -0.05) is 24.3 Å². The highest BCUT2D eigenvalue weighted by molar-refractivity contribution is 5.96. The van der Waals surface area contributed by atoms with Crippen molar-refractivity contribution in [3.63, 3.8) is 0 Å². The molecule has 0 bridgehead atoms. The van der Waals surface area contributed by atoms with Gasteiger partial charge in [-0.15, -0.1) is 0 Å². The van der Waals surface area contributed by atoms with Crippen LogP contribution in [-0.4, -0.2) is 32.1 Å². The van der Waals surface area contributed by atoms with Gasteiger partial charge in [0.15, 0.2) is 5.78 Å². The Labute approximate surface area is 156 Å². The van der Waals surface area contributed by atoms with Gasteiger partial charge in [0, 0.05) is 37.3 Å². The predicted molar refractivity (Wildman–Crippen MR) is 106 cm³/mol. The summed E-state index contributed by atoms with van der Waals surface area (Å²) in [7, 11) is 0. The van der Waals surface area contributed by atoms with Gasteiger partial charge in [-0.25, -0.2) is 0 Å². The van der Waals surface area contributed by atoms with Gasteiger partial charge in [0.25, 0.3) is 0 Å². The maximum absolute atomic E-state index is 12.4. The fraction of sp³-hybridized carbons (Fsp3) is 0.409. The number of Topliss-reactive ketones (excluding diaryl/α,β-unsaturated/α-hetero) is 1. The number of unbranched alkanes of at least 4 members (excludes halogenated alkanes) is 1. The molecule has 3 rings (SSSR count). The number of carbonyl (C=O) groups excluding carboxylic acids is 1. The third-order valence-corrected chi connectivity index (χ3v) is 4.94. The van der Waals surface area contributed by atoms with Gasteiger partial charge in [0.2, 0.25) is 0 Å². The Morgan fingerprint density at radius 2 is 1.58 bits per heavy atom. The maximum atomic E-state index is 12.4. The van der Waals surface area contributed by atoms with E-state index >= 15 is 0 Å². The van der Waals surface area contributed by atoms with Crippen molar-refractivity contribution in [3.05, 3.63) is 65.2 Å². The van der Waals surface area contributed by atoms with Crippen LogP contribution in [0.1, 0.15) is 40.7 Å². The summed E-state index contributed by atoms with van der Waals surface area (Å²) in [5, 5.41) is 0. The molecule has 1 aliphatic heterocycles. The third-order valence-electron chi connectivity index (χ3n) is 4.94. The number of nitrogens with two attached hydrogens (primary N) is 1. The van der Waals surface area contributed by atoms with Crippen molar-refractivity contribution in [1.82, 2.24) is 0 Å². The first kappa shape index (κ1) is 18.6. The number of anilines is 1. The fourth-order valence-electron chi connectivity index (χ4n) is 3.28. The first-order valence-electron chi connectivity index (χ1n) is 9.50. The zero-order chi connectivity index (χ0) is 18.2. The monoisotopic (exact) mass is 352 g/mol. The van der Waals surface area contributed by atoms with Crippen molar-refractivity contribution in [1.29, 1.82) is 0 Å². The third kappa shape index (κ3) is 5.16. The first-order chi connectivity index (χ1) is 12.8. The van der Waals surface area contributed by atoms with Gasteiger partial charge in [-0.05, 0) is 54.7 Å². The molecule has 0 amide bonds. The highest BCUT2D eigenvalue weighted by Crippen LogP contribution is 2.18. The summed E-state index contributed by atoms with van der Waals surface area (Å²) in [5.41, 5.74) is 10.1. The van der Waals surface area contributed by atoms with Gasteiger partial charge < -0.3 is 15.4 Å². The van der Waals surface area contributed by atoms with Crippen molar-refractivity contribution in [2.24, 2.45) is 5.73 Å². The summed E-state index contributed by atoms with van der Waals surface area (Å²) in [6.45, 7) is 3.96. The lowest BCUT2D eigenvalue weighted by molar-refractivity contribution is 0.0979. The molecule has 0 aromatic heterocycles. The molecule has 0 unspecified atom stereocenters. The second-order valence-electron chi connectivity index (χ2n) is 6.80. The van der Waals surface area contributed by atoms with Gasteiger partial charge in [-0.2, -0.15) is 0 Å². The van der Waals surface area contributed by atoms with Crippen molar-refractivity contribution in [2.45, 2.75) is 32.2 Å². The van der Waals surface area contributed by atoms with Gasteiger partial charge >= 0.3 is 0 Å². The van der Waals surface area contributed by atoms with Crippen LogP contribution in [0.25, 0.3) is 0 Å². The molecule has 2 aromatic rings. The van der Waals surface area contributed by atoms with E-state index in [2.05, 4.69) is 41.3 Å². The van der Waals surface area contributed by atoms with Crippen LogP contribution in [0.5, 0.6) is 0 Å². The number of morpholine rings is 1. The van der Waals surface area contributed by atoms with Gasteiger partial charge in [0.05, 0.1) is 13.2 Å². The fourth-order valence-corrected chi connectivity index (χ4v) is 3.28. The number of ketones is 1. The first-order valence-corrected chi connectivity index (χ1v) is 9.50. The minimum atomic E-state index is 0.233. The lowest BCUT2D eigenvalue weighted by Crippen LogP contribution is -2.36. The molecule has 1 fully saturated rings. The SMILES string of the molecule is NCc1ccc(CCCCC(=O)c2ccc(N3CCOCC3)cc2)cc1. The summed E-state index contributed by atoms with van der Waals surface area (Å²) in [4.78, 5) is 14.7. The number of hydrogen-bond acceptors (Lipinski definition) is 4. The minimum absolute atomic E-state index is 0.233. The molecule has 2 aromatic carbocycles. The van der Waals surface area contributed by atoms with Crippen molar-refractivity contribution in [2.75, 3.05) is 31.2 Å². The van der Waals surface area contributed by atoms with Crippen LogP contribution < -0.4 is 10.6 Å². The molecule has 2 N–H and O–H groups in total. The Morgan fingerprint density at radius 3 is 2.23 bits per heavy atom. The van der Waals surface area contributed by atoms with Crippen LogP contribution in [0, 0.1) is 0 Å². The zero-order valence-electron chi connectivity index (χ0n) is 15.3. The average Bonchev–Trinajstić information content (AvgIpc) is 2.72. The molecule has 0 saturated carbocycles. The van der Waals surface area contributed by atoms with Crippen LogP contribution in [0.4, 0.5) is 5.69 Å². The van der Waals surface area contributed by atoms with Crippen LogP contribution in [0.3, 0.4) is 0 Å². The minimum Gasteiger partial charge on any atom is -0.378 e. The molecule has 1 aliphatic rings. The number of benzene rings is 2. The topological polar surface area (TPSA) is 55.6 Å². The lowest BCUT2D eigenvalue weighted by atomic mass is 10.0. The van der Waals surface area contributed by atoms with E-state index in [1.807, 2.05) is 12.1 Å². The molecule has 4 heteroatoms. The number of ether oxygens (including phenoxy) is 1. The predicted octanol–water partition coefficient (Wildman–Crippen LogP) is 3.58. The molecular weight excluding hydrogens is 324 g/mol. The van der Waals surface area contributed by atoms with Crippen LogP contribution in [0.2, 0.25) is 0 Å². The van der Waals surface area contributed by atoms with E-state index in [1.165, 1.54) is 11.3 Å². The summed E-state index contributed by atoms with van der Waals surface area (Å²) in [6.07, 6.45) is 3.56. The highest BCUT2D eigenvalue weighted by atomic mass is 16.5. The molecule has 4 nitrogen and oxygen atoms in total.